The fourth-order valence-corrected chi connectivity index (χ4v) is 3.31. The van der Waals surface area contributed by atoms with E-state index < -0.39 is 0 Å². The molecule has 3 aromatic rings. The van der Waals surface area contributed by atoms with E-state index >= 15 is 0 Å². The van der Waals surface area contributed by atoms with Crippen LogP contribution >= 0.6 is 11.3 Å². The third kappa shape index (κ3) is 2.37. The minimum absolute atomic E-state index is 1.01. The molecule has 0 aliphatic rings. The van der Waals surface area contributed by atoms with E-state index in [0.717, 1.165) is 17.0 Å². The molecule has 20 heavy (non-hydrogen) atoms. The van der Waals surface area contributed by atoms with Gasteiger partial charge in [-0.2, -0.15) is 0 Å². The summed E-state index contributed by atoms with van der Waals surface area (Å²) in [5.41, 5.74) is 6.94. The molecular formula is C17H16N2S. The Bertz CT molecular complexity index is 759. The quantitative estimate of drug-likeness (QED) is 0.674. The van der Waals surface area contributed by atoms with Gasteiger partial charge in [0.2, 0.25) is 0 Å². The van der Waals surface area contributed by atoms with Crippen molar-refractivity contribution < 1.29 is 0 Å². The van der Waals surface area contributed by atoms with Gasteiger partial charge in [-0.1, -0.05) is 0 Å². The molecule has 0 amide bonds. The number of pyridine rings is 2. The molecule has 0 aliphatic carbocycles. The summed E-state index contributed by atoms with van der Waals surface area (Å²) < 4.78 is 0. The van der Waals surface area contributed by atoms with Gasteiger partial charge in [-0.15, -0.1) is 11.3 Å². The van der Waals surface area contributed by atoms with E-state index in [2.05, 4.69) is 47.4 Å². The van der Waals surface area contributed by atoms with Crippen LogP contribution in [0.25, 0.3) is 21.7 Å². The van der Waals surface area contributed by atoms with Crippen LogP contribution in [0.4, 0.5) is 0 Å². The van der Waals surface area contributed by atoms with Gasteiger partial charge in [0.25, 0.3) is 0 Å². The first-order chi connectivity index (χ1) is 9.65. The second-order valence-electron chi connectivity index (χ2n) is 5.00. The number of hydrogen-bond donors (Lipinski definition) is 0. The Balaban J connectivity index is 2.06. The predicted octanol–water partition coefficient (Wildman–Crippen LogP) is 4.80. The molecule has 2 nitrogen and oxygen atoms in total. The molecule has 100 valence electrons. The van der Waals surface area contributed by atoms with Gasteiger partial charge in [-0.05, 0) is 61.5 Å². The van der Waals surface area contributed by atoms with Crippen molar-refractivity contribution in [2.24, 2.45) is 0 Å². The summed E-state index contributed by atoms with van der Waals surface area (Å²) in [6, 6.07) is 8.38. The lowest BCUT2D eigenvalue weighted by atomic mass is 10.0. The van der Waals surface area contributed by atoms with Gasteiger partial charge >= 0.3 is 0 Å². The largest absolute Gasteiger partial charge is 0.262 e. The summed E-state index contributed by atoms with van der Waals surface area (Å²) in [5, 5.41) is 2.13. The van der Waals surface area contributed by atoms with Crippen LogP contribution in [0.1, 0.15) is 16.8 Å². The number of aryl methyl sites for hydroxylation is 3. The zero-order valence-electron chi connectivity index (χ0n) is 11.8. The maximum absolute atomic E-state index is 4.63. The van der Waals surface area contributed by atoms with E-state index in [0.29, 0.717) is 0 Å². The first kappa shape index (κ1) is 13.0. The van der Waals surface area contributed by atoms with Gasteiger partial charge in [0, 0.05) is 34.1 Å². The van der Waals surface area contributed by atoms with Crippen molar-refractivity contribution in [1.82, 2.24) is 9.97 Å². The monoisotopic (exact) mass is 280 g/mol. The van der Waals surface area contributed by atoms with Gasteiger partial charge in [-0.3, -0.25) is 9.97 Å². The summed E-state index contributed by atoms with van der Waals surface area (Å²) in [6.07, 6.45) is 3.82. The second kappa shape index (κ2) is 5.17. The first-order valence-electron chi connectivity index (χ1n) is 6.59. The zero-order chi connectivity index (χ0) is 14.1. The van der Waals surface area contributed by atoms with Crippen molar-refractivity contribution in [3.05, 3.63) is 58.9 Å². The third-order valence-corrected chi connectivity index (χ3v) is 4.46. The Labute approximate surface area is 123 Å². The lowest BCUT2D eigenvalue weighted by Gasteiger charge is -2.08. The molecule has 0 aromatic carbocycles. The minimum Gasteiger partial charge on any atom is -0.262 e. The highest BCUT2D eigenvalue weighted by molar-refractivity contribution is 7.13. The van der Waals surface area contributed by atoms with E-state index in [1.54, 1.807) is 11.3 Å². The molecule has 0 fully saturated rings. The number of nitrogens with zero attached hydrogens (tertiary/aromatic N) is 2. The molecule has 0 unspecified atom stereocenters. The Morgan fingerprint density at radius 3 is 2.45 bits per heavy atom. The van der Waals surface area contributed by atoms with E-state index in [-0.39, 0.29) is 0 Å². The highest BCUT2D eigenvalue weighted by atomic mass is 32.1. The van der Waals surface area contributed by atoms with Gasteiger partial charge in [0.15, 0.2) is 0 Å². The van der Waals surface area contributed by atoms with Gasteiger partial charge < -0.3 is 0 Å². The maximum atomic E-state index is 4.63. The molecule has 0 radical (unpaired) electrons. The van der Waals surface area contributed by atoms with Gasteiger partial charge in [0.05, 0.1) is 5.69 Å². The summed E-state index contributed by atoms with van der Waals surface area (Å²) in [7, 11) is 0. The van der Waals surface area contributed by atoms with Crippen molar-refractivity contribution in [1.29, 1.82) is 0 Å². The Hall–Kier alpha value is -2.00. The number of hydrogen-bond acceptors (Lipinski definition) is 3. The van der Waals surface area contributed by atoms with Crippen molar-refractivity contribution >= 4 is 11.3 Å². The molecule has 0 spiro atoms. The van der Waals surface area contributed by atoms with Crippen molar-refractivity contribution in [2.75, 3.05) is 0 Å². The van der Waals surface area contributed by atoms with Crippen LogP contribution in [0.15, 0.2) is 42.0 Å². The fraction of sp³-hybridized carbons (Fsp3) is 0.176. The lowest BCUT2D eigenvalue weighted by Crippen LogP contribution is -1.90. The topological polar surface area (TPSA) is 25.8 Å². The molecule has 0 aliphatic heterocycles. The maximum Gasteiger partial charge on any atom is 0.0706 e. The van der Waals surface area contributed by atoms with Crippen molar-refractivity contribution in [2.45, 2.75) is 20.8 Å². The fourth-order valence-electron chi connectivity index (χ4n) is 2.31. The number of aromatic nitrogens is 2. The van der Waals surface area contributed by atoms with Crippen molar-refractivity contribution in [3.8, 4) is 21.7 Å². The van der Waals surface area contributed by atoms with Crippen LogP contribution in [-0.4, -0.2) is 9.97 Å². The molecule has 3 heterocycles. The van der Waals surface area contributed by atoms with E-state index in [4.69, 9.17) is 0 Å². The average molecular weight is 280 g/mol. The van der Waals surface area contributed by atoms with E-state index in [9.17, 15) is 0 Å². The van der Waals surface area contributed by atoms with Crippen LogP contribution < -0.4 is 0 Å². The molecule has 0 atom stereocenters. The summed E-state index contributed by atoms with van der Waals surface area (Å²) in [4.78, 5) is 10.2. The van der Waals surface area contributed by atoms with Gasteiger partial charge in [0.1, 0.15) is 0 Å². The highest BCUT2D eigenvalue weighted by Gasteiger charge is 2.09. The molecule has 3 aromatic heterocycles. The smallest absolute Gasteiger partial charge is 0.0706 e. The first-order valence-corrected chi connectivity index (χ1v) is 7.47. The Morgan fingerprint density at radius 2 is 1.80 bits per heavy atom. The molecule has 3 rings (SSSR count). The van der Waals surface area contributed by atoms with Crippen LogP contribution in [0.3, 0.4) is 0 Å². The standard InChI is InChI=1S/C17H16N2S/c1-11-5-7-20-17(11)15-10-19-16(8-12(15)2)14-4-6-18-13(3)9-14/h4-10H,1-3H3. The molecule has 0 bridgehead atoms. The van der Waals surface area contributed by atoms with Crippen molar-refractivity contribution in [3.63, 3.8) is 0 Å². The van der Waals surface area contributed by atoms with E-state index in [1.807, 2.05) is 25.4 Å². The molecule has 0 saturated carbocycles. The average Bonchev–Trinajstić information content (AvgIpc) is 2.85. The van der Waals surface area contributed by atoms with Crippen LogP contribution in [0, 0.1) is 20.8 Å². The zero-order valence-corrected chi connectivity index (χ0v) is 12.7. The van der Waals surface area contributed by atoms with Crippen LogP contribution in [-0.2, 0) is 0 Å². The summed E-state index contributed by atoms with van der Waals surface area (Å²) in [5.74, 6) is 0. The highest BCUT2D eigenvalue weighted by Crippen LogP contribution is 2.32. The molecule has 0 saturated heterocycles. The molecule has 3 heteroatoms. The Kier molecular flexibility index (Phi) is 3.36. The SMILES string of the molecule is Cc1cc(-c2cc(C)c(-c3sccc3C)cn2)ccn1. The summed E-state index contributed by atoms with van der Waals surface area (Å²) >= 11 is 1.77. The normalized spacial score (nSPS) is 10.8. The molecular weight excluding hydrogens is 264 g/mol. The minimum atomic E-state index is 1.01. The van der Waals surface area contributed by atoms with Crippen LogP contribution in [0.5, 0.6) is 0 Å². The number of rotatable bonds is 2. The van der Waals surface area contributed by atoms with E-state index in [1.165, 1.54) is 21.6 Å². The van der Waals surface area contributed by atoms with Gasteiger partial charge in [-0.25, -0.2) is 0 Å². The van der Waals surface area contributed by atoms with Crippen LogP contribution in [0.2, 0.25) is 0 Å². The third-order valence-electron chi connectivity index (χ3n) is 3.41. The Morgan fingerprint density at radius 1 is 0.950 bits per heavy atom. The predicted molar refractivity (Wildman–Crippen MR) is 85.0 cm³/mol. The lowest BCUT2D eigenvalue weighted by molar-refractivity contribution is 1.19. The molecule has 0 N–H and O–H groups in total. The summed E-state index contributed by atoms with van der Waals surface area (Å²) in [6.45, 7) is 6.29. The number of thiophene rings is 1. The second-order valence-corrected chi connectivity index (χ2v) is 5.92.